The van der Waals surface area contributed by atoms with Crippen LogP contribution >= 0.6 is 0 Å². The Labute approximate surface area is 106 Å². The van der Waals surface area contributed by atoms with Crippen LogP contribution in [0.15, 0.2) is 0 Å². The van der Waals surface area contributed by atoms with Gasteiger partial charge in [-0.05, 0) is 31.7 Å². The van der Waals surface area contributed by atoms with Crippen LogP contribution in [-0.2, 0) is 4.79 Å². The Morgan fingerprint density at radius 1 is 1.35 bits per heavy atom. The number of amides is 1. The zero-order chi connectivity index (χ0) is 12.7. The predicted octanol–water partition coefficient (Wildman–Crippen LogP) is 2.46. The van der Waals surface area contributed by atoms with E-state index in [0.717, 1.165) is 51.6 Å². The van der Waals surface area contributed by atoms with E-state index in [2.05, 4.69) is 31.4 Å². The molecule has 3 heteroatoms. The Balaban J connectivity index is 2.48. The van der Waals surface area contributed by atoms with Crippen molar-refractivity contribution in [1.29, 1.82) is 0 Å². The fourth-order valence-corrected chi connectivity index (χ4v) is 2.74. The van der Waals surface area contributed by atoms with Gasteiger partial charge in [-0.15, -0.1) is 0 Å². The van der Waals surface area contributed by atoms with Gasteiger partial charge in [0.2, 0.25) is 5.91 Å². The first-order valence-corrected chi connectivity index (χ1v) is 7.21. The summed E-state index contributed by atoms with van der Waals surface area (Å²) in [6, 6.07) is 0. The molecule has 1 atom stereocenters. The molecule has 0 aromatic carbocycles. The van der Waals surface area contributed by atoms with Gasteiger partial charge in [0.15, 0.2) is 0 Å². The summed E-state index contributed by atoms with van der Waals surface area (Å²) >= 11 is 0. The average molecular weight is 240 g/mol. The predicted molar refractivity (Wildman–Crippen MR) is 72.0 cm³/mol. The van der Waals surface area contributed by atoms with Gasteiger partial charge in [0.25, 0.3) is 0 Å². The van der Waals surface area contributed by atoms with Crippen LogP contribution in [0.1, 0.15) is 59.3 Å². The van der Waals surface area contributed by atoms with Crippen LogP contribution in [-0.4, -0.2) is 24.5 Å². The Kier molecular flexibility index (Phi) is 5.96. The van der Waals surface area contributed by atoms with Gasteiger partial charge < -0.3 is 10.6 Å². The highest BCUT2D eigenvalue weighted by Gasteiger charge is 2.39. The zero-order valence-electron chi connectivity index (χ0n) is 11.6. The quantitative estimate of drug-likeness (QED) is 0.718. The molecule has 0 aromatic rings. The molecule has 0 spiro atoms. The van der Waals surface area contributed by atoms with E-state index in [9.17, 15) is 4.79 Å². The summed E-state index contributed by atoms with van der Waals surface area (Å²) in [5.74, 6) is 0.850. The van der Waals surface area contributed by atoms with Crippen molar-refractivity contribution in [3.05, 3.63) is 0 Å². The monoisotopic (exact) mass is 240 g/mol. The molecule has 1 rings (SSSR count). The van der Waals surface area contributed by atoms with Crippen LogP contribution in [0, 0.1) is 5.92 Å². The first-order valence-electron chi connectivity index (χ1n) is 7.21. The second-order valence-corrected chi connectivity index (χ2v) is 5.25. The molecule has 1 amide bonds. The largest absolute Gasteiger partial charge is 0.354 e. The molecule has 1 fully saturated rings. The van der Waals surface area contributed by atoms with Crippen LogP contribution in [0.25, 0.3) is 0 Å². The minimum Gasteiger partial charge on any atom is -0.354 e. The number of nitrogens with one attached hydrogen (secondary N) is 2. The lowest BCUT2D eigenvalue weighted by Crippen LogP contribution is -2.54. The molecule has 17 heavy (non-hydrogen) atoms. The molecule has 1 heterocycles. The van der Waals surface area contributed by atoms with Crippen molar-refractivity contribution in [2.24, 2.45) is 5.92 Å². The van der Waals surface area contributed by atoms with E-state index in [1.165, 1.54) is 0 Å². The third-order valence-electron chi connectivity index (χ3n) is 4.06. The minimum atomic E-state index is -0.263. The zero-order valence-corrected chi connectivity index (χ0v) is 11.6. The lowest BCUT2D eigenvalue weighted by Gasteiger charge is -2.28. The third-order valence-corrected chi connectivity index (χ3v) is 4.06. The Morgan fingerprint density at radius 2 is 2.06 bits per heavy atom. The molecule has 1 aliphatic rings. The summed E-state index contributed by atoms with van der Waals surface area (Å²) in [4.78, 5) is 12.3. The lowest BCUT2D eigenvalue weighted by molar-refractivity contribution is -0.127. The number of rotatable bonds is 7. The van der Waals surface area contributed by atoms with E-state index in [0.29, 0.717) is 5.92 Å². The van der Waals surface area contributed by atoms with Crippen molar-refractivity contribution in [3.63, 3.8) is 0 Å². The van der Waals surface area contributed by atoms with Crippen molar-refractivity contribution in [3.8, 4) is 0 Å². The van der Waals surface area contributed by atoms with Crippen molar-refractivity contribution < 1.29 is 4.79 Å². The molecule has 1 saturated heterocycles. The summed E-state index contributed by atoms with van der Waals surface area (Å²) in [6.45, 7) is 8.35. The number of carbonyl (C=O) groups is 1. The van der Waals surface area contributed by atoms with Gasteiger partial charge in [-0.3, -0.25) is 4.79 Å². The number of carbonyl (C=O) groups excluding carboxylic acids is 1. The first kappa shape index (κ1) is 14.5. The van der Waals surface area contributed by atoms with E-state index in [1.54, 1.807) is 0 Å². The Hall–Kier alpha value is -0.570. The van der Waals surface area contributed by atoms with Crippen molar-refractivity contribution in [2.45, 2.75) is 64.8 Å². The maximum atomic E-state index is 12.3. The number of hydrogen-bond acceptors (Lipinski definition) is 2. The SMILES string of the molecule is CCCC1(C(=O)NCC(CC)CC)CCCN1. The van der Waals surface area contributed by atoms with Crippen molar-refractivity contribution >= 4 is 5.91 Å². The minimum absolute atomic E-state index is 0.226. The van der Waals surface area contributed by atoms with Gasteiger partial charge >= 0.3 is 0 Å². The molecule has 0 saturated carbocycles. The molecular weight excluding hydrogens is 212 g/mol. The van der Waals surface area contributed by atoms with Crippen molar-refractivity contribution in [1.82, 2.24) is 10.6 Å². The van der Waals surface area contributed by atoms with Crippen LogP contribution in [0.2, 0.25) is 0 Å². The maximum Gasteiger partial charge on any atom is 0.240 e. The molecule has 3 nitrogen and oxygen atoms in total. The summed E-state index contributed by atoms with van der Waals surface area (Å²) in [7, 11) is 0. The Morgan fingerprint density at radius 3 is 2.53 bits per heavy atom. The van der Waals surface area contributed by atoms with Crippen LogP contribution < -0.4 is 10.6 Å². The van der Waals surface area contributed by atoms with E-state index >= 15 is 0 Å². The van der Waals surface area contributed by atoms with E-state index in [1.807, 2.05) is 0 Å². The normalized spacial score (nSPS) is 24.2. The summed E-state index contributed by atoms with van der Waals surface area (Å²) in [5, 5.41) is 6.57. The van der Waals surface area contributed by atoms with Crippen LogP contribution in [0.5, 0.6) is 0 Å². The van der Waals surface area contributed by atoms with Crippen LogP contribution in [0.4, 0.5) is 0 Å². The topological polar surface area (TPSA) is 41.1 Å². The molecule has 0 aromatic heterocycles. The average Bonchev–Trinajstić information content (AvgIpc) is 2.80. The summed E-state index contributed by atoms with van der Waals surface area (Å²) in [5.41, 5.74) is -0.263. The van der Waals surface area contributed by atoms with E-state index < -0.39 is 0 Å². The third kappa shape index (κ3) is 3.70. The van der Waals surface area contributed by atoms with Crippen LogP contribution in [0.3, 0.4) is 0 Å². The Bertz CT molecular complexity index is 230. The van der Waals surface area contributed by atoms with Gasteiger partial charge in [0.1, 0.15) is 0 Å². The molecule has 2 N–H and O–H groups in total. The molecule has 1 aliphatic heterocycles. The molecule has 0 bridgehead atoms. The molecule has 100 valence electrons. The fraction of sp³-hybridized carbons (Fsp3) is 0.929. The van der Waals surface area contributed by atoms with Gasteiger partial charge in [-0.25, -0.2) is 0 Å². The van der Waals surface area contributed by atoms with E-state index in [4.69, 9.17) is 0 Å². The second-order valence-electron chi connectivity index (χ2n) is 5.25. The molecular formula is C14H28N2O. The maximum absolute atomic E-state index is 12.3. The summed E-state index contributed by atoms with van der Waals surface area (Å²) in [6.07, 6.45) is 6.43. The smallest absolute Gasteiger partial charge is 0.240 e. The van der Waals surface area contributed by atoms with Gasteiger partial charge in [-0.2, -0.15) is 0 Å². The molecule has 0 radical (unpaired) electrons. The first-order chi connectivity index (χ1) is 8.18. The van der Waals surface area contributed by atoms with Crippen molar-refractivity contribution in [2.75, 3.05) is 13.1 Å². The highest BCUT2D eigenvalue weighted by Crippen LogP contribution is 2.25. The molecule has 0 aliphatic carbocycles. The standard InChI is InChI=1S/C14H28N2O/c1-4-8-14(9-7-10-16-14)13(17)15-11-12(5-2)6-3/h12,16H,4-11H2,1-3H3,(H,15,17). The van der Waals surface area contributed by atoms with E-state index in [-0.39, 0.29) is 11.4 Å². The van der Waals surface area contributed by atoms with Gasteiger partial charge in [0, 0.05) is 6.54 Å². The number of hydrogen-bond donors (Lipinski definition) is 2. The molecule has 1 unspecified atom stereocenters. The highest BCUT2D eigenvalue weighted by molar-refractivity contribution is 5.86. The second kappa shape index (κ2) is 7.00. The highest BCUT2D eigenvalue weighted by atomic mass is 16.2. The lowest BCUT2D eigenvalue weighted by atomic mass is 9.90. The fourth-order valence-electron chi connectivity index (χ4n) is 2.74. The summed E-state index contributed by atoms with van der Waals surface area (Å²) < 4.78 is 0. The van der Waals surface area contributed by atoms with Gasteiger partial charge in [-0.1, -0.05) is 40.0 Å². The van der Waals surface area contributed by atoms with Gasteiger partial charge in [0.05, 0.1) is 5.54 Å².